The summed E-state index contributed by atoms with van der Waals surface area (Å²) >= 11 is 0. The van der Waals surface area contributed by atoms with Crippen LogP contribution in [0.1, 0.15) is 10.4 Å². The molecular weight excluding hydrogens is 230 g/mol. The number of methoxy groups -OCH3 is 1. The number of amides is 1. The number of hydrogen-bond acceptors (Lipinski definition) is 4. The first kappa shape index (κ1) is 12.5. The van der Waals surface area contributed by atoms with Crippen LogP contribution in [0.3, 0.4) is 0 Å². The van der Waals surface area contributed by atoms with Crippen LogP contribution in [-0.4, -0.2) is 39.0 Å². The van der Waals surface area contributed by atoms with Crippen molar-refractivity contribution in [1.82, 2.24) is 4.31 Å². The molecule has 1 rings (SSSR count). The van der Waals surface area contributed by atoms with Gasteiger partial charge in [0, 0.05) is 12.6 Å². The lowest BCUT2D eigenvalue weighted by Gasteiger charge is -2.14. The Balaban J connectivity index is 2.97. The molecule has 6 heteroatoms. The summed E-state index contributed by atoms with van der Waals surface area (Å²) in [6.45, 7) is 0. The van der Waals surface area contributed by atoms with Gasteiger partial charge in [0.2, 0.25) is 10.0 Å². The van der Waals surface area contributed by atoms with E-state index in [1.165, 1.54) is 26.3 Å². The van der Waals surface area contributed by atoms with Gasteiger partial charge in [0.25, 0.3) is 5.91 Å². The number of ether oxygens (including phenoxy) is 1. The van der Waals surface area contributed by atoms with Crippen molar-refractivity contribution in [2.24, 2.45) is 0 Å². The smallest absolute Gasteiger partial charge is 0.267 e. The summed E-state index contributed by atoms with van der Waals surface area (Å²) in [5.74, 6) is 0.0451. The molecule has 5 nitrogen and oxygen atoms in total. The molecule has 0 unspecified atom stereocenters. The lowest BCUT2D eigenvalue weighted by molar-refractivity contribution is 0.0883. The lowest BCUT2D eigenvalue weighted by Crippen LogP contribution is -2.32. The summed E-state index contributed by atoms with van der Waals surface area (Å²) in [4.78, 5) is 11.7. The molecule has 0 atom stereocenters. The fourth-order valence-corrected chi connectivity index (χ4v) is 1.47. The maximum absolute atomic E-state index is 11.7. The van der Waals surface area contributed by atoms with Gasteiger partial charge in [0.15, 0.2) is 0 Å². The zero-order valence-corrected chi connectivity index (χ0v) is 10.1. The van der Waals surface area contributed by atoms with Crippen LogP contribution in [-0.2, 0) is 10.0 Å². The molecule has 0 radical (unpaired) electrons. The Labute approximate surface area is 94.7 Å². The highest BCUT2D eigenvalue weighted by atomic mass is 32.2. The molecule has 0 spiro atoms. The maximum Gasteiger partial charge on any atom is 0.267 e. The molecule has 0 aromatic heterocycles. The number of rotatable bonds is 3. The SMILES string of the molecule is COc1ccc(C(=O)N(C)S(C)(=O)=O)cc1. The molecule has 0 saturated heterocycles. The Morgan fingerprint density at radius 1 is 1.25 bits per heavy atom. The van der Waals surface area contributed by atoms with Gasteiger partial charge in [-0.2, -0.15) is 0 Å². The second kappa shape index (κ2) is 4.52. The Kier molecular flexibility index (Phi) is 3.54. The Bertz CT molecular complexity index is 478. The fraction of sp³-hybridized carbons (Fsp3) is 0.300. The molecule has 1 amide bonds. The van der Waals surface area contributed by atoms with Crippen LogP contribution < -0.4 is 4.74 Å². The predicted octanol–water partition coefficient (Wildman–Crippen LogP) is 0.727. The summed E-state index contributed by atoms with van der Waals surface area (Å²) in [5.41, 5.74) is 0.300. The number of benzene rings is 1. The van der Waals surface area contributed by atoms with Gasteiger partial charge in [-0.3, -0.25) is 4.79 Å². The minimum absolute atomic E-state index is 0.300. The van der Waals surface area contributed by atoms with Crippen LogP contribution in [0, 0.1) is 0 Å². The van der Waals surface area contributed by atoms with Gasteiger partial charge in [-0.1, -0.05) is 0 Å². The minimum Gasteiger partial charge on any atom is -0.497 e. The second-order valence-electron chi connectivity index (χ2n) is 3.26. The highest BCUT2D eigenvalue weighted by Crippen LogP contribution is 2.13. The Morgan fingerprint density at radius 3 is 2.12 bits per heavy atom. The molecular formula is C10H13NO4S. The van der Waals surface area contributed by atoms with E-state index in [1.54, 1.807) is 12.1 Å². The second-order valence-corrected chi connectivity index (χ2v) is 5.28. The van der Waals surface area contributed by atoms with Gasteiger partial charge in [0.05, 0.1) is 13.4 Å². The average Bonchev–Trinajstić information content (AvgIpc) is 2.26. The summed E-state index contributed by atoms with van der Waals surface area (Å²) in [5, 5.41) is 0. The van der Waals surface area contributed by atoms with Crippen LogP contribution in [0.15, 0.2) is 24.3 Å². The van der Waals surface area contributed by atoms with Crippen LogP contribution in [0.4, 0.5) is 0 Å². The topological polar surface area (TPSA) is 63.7 Å². The molecule has 1 aromatic rings. The van der Waals surface area contributed by atoms with Gasteiger partial charge in [-0.05, 0) is 24.3 Å². The first-order chi connectivity index (χ1) is 7.36. The van der Waals surface area contributed by atoms with Crippen LogP contribution in [0.2, 0.25) is 0 Å². The van der Waals surface area contributed by atoms with E-state index < -0.39 is 15.9 Å². The van der Waals surface area contributed by atoms with Crippen LogP contribution in [0.25, 0.3) is 0 Å². The quantitative estimate of drug-likeness (QED) is 0.785. The third-order valence-corrected chi connectivity index (χ3v) is 3.28. The molecule has 1 aromatic carbocycles. The van der Waals surface area contributed by atoms with Crippen molar-refractivity contribution < 1.29 is 17.9 Å². The molecule has 0 saturated carbocycles. The van der Waals surface area contributed by atoms with Gasteiger partial charge in [0.1, 0.15) is 5.75 Å². The highest BCUT2D eigenvalue weighted by molar-refractivity contribution is 7.88. The minimum atomic E-state index is -3.51. The number of hydrogen-bond donors (Lipinski definition) is 0. The van der Waals surface area contributed by atoms with Gasteiger partial charge >= 0.3 is 0 Å². The van der Waals surface area contributed by atoms with E-state index in [4.69, 9.17) is 4.74 Å². The van der Waals surface area contributed by atoms with Gasteiger partial charge in [-0.15, -0.1) is 0 Å². The van der Waals surface area contributed by atoms with Gasteiger partial charge in [-0.25, -0.2) is 12.7 Å². The molecule has 0 aliphatic carbocycles. The van der Waals surface area contributed by atoms with Crippen LogP contribution >= 0.6 is 0 Å². The van der Waals surface area contributed by atoms with Crippen molar-refractivity contribution in [2.75, 3.05) is 20.4 Å². The third kappa shape index (κ3) is 2.73. The highest BCUT2D eigenvalue weighted by Gasteiger charge is 2.19. The number of sulfonamides is 1. The summed E-state index contributed by atoms with van der Waals surface area (Å²) < 4.78 is 27.9. The first-order valence-corrected chi connectivity index (χ1v) is 6.33. The van der Waals surface area contributed by atoms with E-state index in [9.17, 15) is 13.2 Å². The zero-order chi connectivity index (χ0) is 12.3. The Hall–Kier alpha value is -1.56. The van der Waals surface area contributed by atoms with Crippen molar-refractivity contribution >= 4 is 15.9 Å². The van der Waals surface area contributed by atoms with Crippen molar-refractivity contribution in [2.45, 2.75) is 0 Å². The van der Waals surface area contributed by atoms with E-state index in [-0.39, 0.29) is 0 Å². The van der Waals surface area contributed by atoms with Crippen molar-refractivity contribution in [3.05, 3.63) is 29.8 Å². The van der Waals surface area contributed by atoms with Gasteiger partial charge < -0.3 is 4.74 Å². The lowest BCUT2D eigenvalue weighted by atomic mass is 10.2. The van der Waals surface area contributed by atoms with Crippen LogP contribution in [0.5, 0.6) is 5.75 Å². The zero-order valence-electron chi connectivity index (χ0n) is 9.30. The molecule has 0 aliphatic rings. The summed E-state index contributed by atoms with van der Waals surface area (Å²) in [6.07, 6.45) is 0.981. The number of carbonyl (C=O) groups is 1. The van der Waals surface area contributed by atoms with E-state index in [0.29, 0.717) is 15.6 Å². The van der Waals surface area contributed by atoms with E-state index >= 15 is 0 Å². The maximum atomic E-state index is 11.7. The molecule has 88 valence electrons. The molecule has 0 N–H and O–H groups in total. The number of carbonyl (C=O) groups excluding carboxylic acids is 1. The summed E-state index contributed by atoms with van der Waals surface area (Å²) in [6, 6.07) is 6.23. The van der Waals surface area contributed by atoms with E-state index in [0.717, 1.165) is 6.26 Å². The number of nitrogens with zero attached hydrogens (tertiary/aromatic N) is 1. The standard InChI is InChI=1S/C10H13NO4S/c1-11(16(3,13)14)10(12)8-4-6-9(15-2)7-5-8/h4-7H,1-3H3. The molecule has 0 fully saturated rings. The first-order valence-electron chi connectivity index (χ1n) is 4.48. The largest absolute Gasteiger partial charge is 0.497 e. The van der Waals surface area contributed by atoms with E-state index in [1.807, 2.05) is 0 Å². The predicted molar refractivity (Wildman–Crippen MR) is 59.9 cm³/mol. The van der Waals surface area contributed by atoms with Crippen molar-refractivity contribution in [3.8, 4) is 5.75 Å². The molecule has 16 heavy (non-hydrogen) atoms. The summed E-state index contributed by atoms with van der Waals surface area (Å²) in [7, 11) is -0.776. The normalized spacial score (nSPS) is 10.9. The molecule has 0 aliphatic heterocycles. The third-order valence-electron chi connectivity index (χ3n) is 2.12. The van der Waals surface area contributed by atoms with Crippen molar-refractivity contribution in [1.29, 1.82) is 0 Å². The fourth-order valence-electron chi connectivity index (χ4n) is 1.07. The molecule has 0 bridgehead atoms. The van der Waals surface area contributed by atoms with E-state index in [2.05, 4.69) is 0 Å². The van der Waals surface area contributed by atoms with Crippen molar-refractivity contribution in [3.63, 3.8) is 0 Å². The molecule has 0 heterocycles. The average molecular weight is 243 g/mol. The Morgan fingerprint density at radius 2 is 1.75 bits per heavy atom. The monoisotopic (exact) mass is 243 g/mol.